The fourth-order valence-electron chi connectivity index (χ4n) is 1.91. The van der Waals surface area contributed by atoms with Crippen molar-refractivity contribution in [2.45, 2.75) is 19.6 Å². The van der Waals surface area contributed by atoms with Crippen LogP contribution in [0, 0.1) is 0 Å². The van der Waals surface area contributed by atoms with E-state index in [0.29, 0.717) is 33.6 Å². The summed E-state index contributed by atoms with van der Waals surface area (Å²) in [5.41, 5.74) is 1.20. The maximum absolute atomic E-state index is 10.4. The summed E-state index contributed by atoms with van der Waals surface area (Å²) < 4.78 is 6.74. The number of aromatic nitrogens is 2. The Hall–Kier alpha value is -1.23. The van der Waals surface area contributed by atoms with E-state index in [1.165, 1.54) is 6.20 Å². The Morgan fingerprint density at radius 3 is 2.68 bits per heavy atom. The van der Waals surface area contributed by atoms with Crippen LogP contribution < -0.4 is 4.74 Å². The summed E-state index contributed by atoms with van der Waals surface area (Å²) >= 11 is 12.1. The molecule has 0 saturated carbocycles. The van der Waals surface area contributed by atoms with Crippen molar-refractivity contribution in [1.29, 1.82) is 0 Å². The number of hydrogen-bond donors (Lipinski definition) is 1. The molecule has 0 aliphatic rings. The summed E-state index contributed by atoms with van der Waals surface area (Å²) in [6.45, 7) is 2.56. The molecule has 102 valence electrons. The van der Waals surface area contributed by atoms with Gasteiger partial charge in [-0.2, -0.15) is 5.10 Å². The molecule has 0 saturated heterocycles. The van der Waals surface area contributed by atoms with Crippen LogP contribution in [0.2, 0.25) is 10.0 Å². The van der Waals surface area contributed by atoms with Gasteiger partial charge in [-0.05, 0) is 24.6 Å². The van der Waals surface area contributed by atoms with Crippen LogP contribution in [0.15, 0.2) is 24.4 Å². The van der Waals surface area contributed by atoms with E-state index in [1.54, 1.807) is 30.0 Å². The first-order chi connectivity index (χ1) is 9.08. The first-order valence-corrected chi connectivity index (χ1v) is 6.56. The number of ether oxygens (including phenoxy) is 1. The zero-order valence-corrected chi connectivity index (χ0v) is 12.1. The number of nitrogens with zero attached hydrogens (tertiary/aromatic N) is 2. The van der Waals surface area contributed by atoms with Gasteiger partial charge in [0.25, 0.3) is 0 Å². The smallest absolute Gasteiger partial charge is 0.137 e. The number of halogens is 2. The van der Waals surface area contributed by atoms with Crippen molar-refractivity contribution in [1.82, 2.24) is 9.78 Å². The van der Waals surface area contributed by atoms with Crippen LogP contribution in [0.1, 0.15) is 24.3 Å². The van der Waals surface area contributed by atoms with Crippen molar-refractivity contribution in [2.75, 3.05) is 7.11 Å². The van der Waals surface area contributed by atoms with E-state index >= 15 is 0 Å². The van der Waals surface area contributed by atoms with Gasteiger partial charge in [0.05, 0.1) is 29.0 Å². The lowest BCUT2D eigenvalue weighted by atomic mass is 10.1. The Balaban J connectivity index is 2.41. The third-order valence-electron chi connectivity index (χ3n) is 2.88. The molecule has 4 nitrogen and oxygen atoms in total. The summed E-state index contributed by atoms with van der Waals surface area (Å²) in [6.07, 6.45) is 0.646. The zero-order chi connectivity index (χ0) is 14.0. The molecule has 0 aliphatic heterocycles. The van der Waals surface area contributed by atoms with Crippen LogP contribution in [0.5, 0.6) is 5.75 Å². The fraction of sp³-hybridized carbons (Fsp3) is 0.308. The molecule has 2 aromatic rings. The van der Waals surface area contributed by atoms with E-state index < -0.39 is 6.10 Å². The summed E-state index contributed by atoms with van der Waals surface area (Å²) in [7, 11) is 1.54. The van der Waals surface area contributed by atoms with Gasteiger partial charge in [0.15, 0.2) is 0 Å². The number of rotatable bonds is 4. The van der Waals surface area contributed by atoms with Gasteiger partial charge in [-0.25, -0.2) is 0 Å². The highest BCUT2D eigenvalue weighted by atomic mass is 35.5. The average molecular weight is 301 g/mol. The van der Waals surface area contributed by atoms with Crippen molar-refractivity contribution in [3.05, 3.63) is 45.7 Å². The Morgan fingerprint density at radius 1 is 1.37 bits per heavy atom. The van der Waals surface area contributed by atoms with Crippen LogP contribution in [0.4, 0.5) is 0 Å². The molecule has 0 spiro atoms. The number of aliphatic hydroxyl groups is 1. The predicted molar refractivity (Wildman–Crippen MR) is 75.0 cm³/mol. The van der Waals surface area contributed by atoms with Crippen LogP contribution in [-0.4, -0.2) is 22.0 Å². The normalized spacial score (nSPS) is 12.5. The number of methoxy groups -OCH3 is 1. The molecular weight excluding hydrogens is 287 g/mol. The maximum Gasteiger partial charge on any atom is 0.137 e. The second-order valence-electron chi connectivity index (χ2n) is 3.99. The van der Waals surface area contributed by atoms with Crippen LogP contribution in [-0.2, 0) is 6.54 Å². The van der Waals surface area contributed by atoms with Gasteiger partial charge < -0.3 is 9.84 Å². The van der Waals surface area contributed by atoms with Crippen molar-refractivity contribution < 1.29 is 9.84 Å². The van der Waals surface area contributed by atoms with Gasteiger partial charge in [0.2, 0.25) is 0 Å². The average Bonchev–Trinajstić information content (AvgIpc) is 2.78. The van der Waals surface area contributed by atoms with Crippen molar-refractivity contribution >= 4 is 23.2 Å². The number of aliphatic hydroxyl groups excluding tert-OH is 1. The zero-order valence-electron chi connectivity index (χ0n) is 10.6. The quantitative estimate of drug-likeness (QED) is 0.942. The SMILES string of the molecule is CCn1ncc(Cl)c1C(O)c1ccc(OC)c(Cl)c1. The second kappa shape index (κ2) is 5.82. The summed E-state index contributed by atoms with van der Waals surface area (Å²) in [6, 6.07) is 5.12. The highest BCUT2D eigenvalue weighted by Gasteiger charge is 2.20. The monoisotopic (exact) mass is 300 g/mol. The lowest BCUT2D eigenvalue weighted by Crippen LogP contribution is -2.09. The van der Waals surface area contributed by atoms with Crippen LogP contribution in [0.25, 0.3) is 0 Å². The lowest BCUT2D eigenvalue weighted by Gasteiger charge is -2.14. The van der Waals surface area contributed by atoms with Gasteiger partial charge in [-0.3, -0.25) is 4.68 Å². The van der Waals surface area contributed by atoms with Gasteiger partial charge in [-0.1, -0.05) is 29.3 Å². The van der Waals surface area contributed by atoms with E-state index in [4.69, 9.17) is 27.9 Å². The second-order valence-corrected chi connectivity index (χ2v) is 4.80. The minimum absolute atomic E-state index is 0.432. The van der Waals surface area contributed by atoms with E-state index in [-0.39, 0.29) is 0 Å². The highest BCUT2D eigenvalue weighted by Crippen LogP contribution is 2.32. The molecule has 1 atom stereocenters. The number of aryl methyl sites for hydroxylation is 1. The first-order valence-electron chi connectivity index (χ1n) is 5.81. The van der Waals surface area contributed by atoms with Crippen LogP contribution in [0.3, 0.4) is 0 Å². The molecule has 0 aliphatic carbocycles. The van der Waals surface area contributed by atoms with Crippen molar-refractivity contribution in [2.24, 2.45) is 0 Å². The van der Waals surface area contributed by atoms with E-state index in [9.17, 15) is 5.11 Å². The predicted octanol–water partition coefficient (Wildman–Crippen LogP) is 3.30. The molecule has 1 N–H and O–H groups in total. The van der Waals surface area contributed by atoms with Gasteiger partial charge >= 0.3 is 0 Å². The molecule has 0 amide bonds. The third kappa shape index (κ3) is 2.71. The number of benzene rings is 1. The number of hydrogen-bond acceptors (Lipinski definition) is 3. The van der Waals surface area contributed by atoms with Gasteiger partial charge in [0.1, 0.15) is 11.9 Å². The Morgan fingerprint density at radius 2 is 2.11 bits per heavy atom. The van der Waals surface area contributed by atoms with Gasteiger partial charge in [0, 0.05) is 6.54 Å². The molecule has 19 heavy (non-hydrogen) atoms. The van der Waals surface area contributed by atoms with E-state index in [1.807, 2.05) is 6.92 Å². The topological polar surface area (TPSA) is 47.3 Å². The van der Waals surface area contributed by atoms with Crippen molar-refractivity contribution in [3.8, 4) is 5.75 Å². The molecule has 1 aromatic heterocycles. The molecule has 2 rings (SSSR count). The molecule has 0 fully saturated rings. The van der Waals surface area contributed by atoms with Crippen LogP contribution >= 0.6 is 23.2 Å². The summed E-state index contributed by atoms with van der Waals surface area (Å²) in [5, 5.41) is 15.4. The highest BCUT2D eigenvalue weighted by molar-refractivity contribution is 6.32. The third-order valence-corrected chi connectivity index (χ3v) is 3.47. The summed E-state index contributed by atoms with van der Waals surface area (Å²) in [4.78, 5) is 0. The summed E-state index contributed by atoms with van der Waals surface area (Å²) in [5.74, 6) is 0.563. The lowest BCUT2D eigenvalue weighted by molar-refractivity contribution is 0.208. The minimum atomic E-state index is -0.877. The van der Waals surface area contributed by atoms with E-state index in [2.05, 4.69) is 5.10 Å². The Bertz CT molecular complexity index is 584. The maximum atomic E-state index is 10.4. The van der Waals surface area contributed by atoms with Gasteiger partial charge in [-0.15, -0.1) is 0 Å². The molecule has 0 bridgehead atoms. The minimum Gasteiger partial charge on any atom is -0.495 e. The molecule has 0 radical (unpaired) electrons. The molecule has 1 aromatic carbocycles. The first kappa shape index (κ1) is 14.2. The molecule has 1 unspecified atom stereocenters. The molecule has 6 heteroatoms. The Kier molecular flexibility index (Phi) is 4.34. The largest absolute Gasteiger partial charge is 0.495 e. The van der Waals surface area contributed by atoms with E-state index in [0.717, 1.165) is 0 Å². The molecule has 1 heterocycles. The Labute approximate surface area is 121 Å². The fourth-order valence-corrected chi connectivity index (χ4v) is 2.42. The standard InChI is InChI=1S/C13H14Cl2N2O2/c1-3-17-12(10(15)7-16-17)13(18)8-4-5-11(19-2)9(14)6-8/h4-7,13,18H,3H2,1-2H3. The molecular formula is C13H14Cl2N2O2. The van der Waals surface area contributed by atoms with Crippen molar-refractivity contribution in [3.63, 3.8) is 0 Å².